The fraction of sp³-hybridized carbons (Fsp3) is 0.200. The van der Waals surface area contributed by atoms with E-state index >= 15 is 0 Å². The van der Waals surface area contributed by atoms with E-state index in [2.05, 4.69) is 4.98 Å². The summed E-state index contributed by atoms with van der Waals surface area (Å²) < 4.78 is 27.2. The average Bonchev–Trinajstić information content (AvgIpc) is 2.45. The summed E-state index contributed by atoms with van der Waals surface area (Å²) in [5.41, 5.74) is 4.28. The van der Waals surface area contributed by atoms with Gasteiger partial charge in [0.05, 0.1) is 6.20 Å². The molecule has 0 fully saturated rings. The lowest BCUT2D eigenvalue weighted by Crippen LogP contribution is -2.45. The highest BCUT2D eigenvalue weighted by Gasteiger charge is 2.41. The number of hydrogen-bond acceptors (Lipinski definition) is 3. The van der Waals surface area contributed by atoms with Crippen LogP contribution in [0.4, 0.5) is 8.78 Å². The van der Waals surface area contributed by atoms with Crippen molar-refractivity contribution in [2.24, 2.45) is 5.73 Å². The van der Waals surface area contributed by atoms with Crippen LogP contribution in [0.5, 0.6) is 0 Å². The van der Waals surface area contributed by atoms with Crippen molar-refractivity contribution in [3.05, 3.63) is 65.5 Å². The lowest BCUT2D eigenvalue weighted by Gasteiger charge is -2.29. The van der Waals surface area contributed by atoms with Gasteiger partial charge in [-0.1, -0.05) is 18.2 Å². The normalized spacial score (nSPS) is 13.7. The van der Waals surface area contributed by atoms with Crippen molar-refractivity contribution in [1.82, 2.24) is 4.98 Å². The van der Waals surface area contributed by atoms with E-state index in [-0.39, 0.29) is 18.5 Å². The molecule has 0 radical (unpaired) electrons. The molecule has 3 N–H and O–H groups in total. The number of aliphatic carboxylic acids is 1. The number of carboxylic acid groups (broad SMARTS) is 1. The summed E-state index contributed by atoms with van der Waals surface area (Å²) in [5, 5.41) is 9.57. The number of halogens is 2. The first-order valence-electron chi connectivity index (χ1n) is 6.27. The van der Waals surface area contributed by atoms with Gasteiger partial charge in [-0.05, 0) is 24.1 Å². The van der Waals surface area contributed by atoms with E-state index in [1.165, 1.54) is 36.5 Å². The smallest absolute Gasteiger partial charge is 0.315 e. The number of nitrogens with zero attached hydrogens (tertiary/aromatic N) is 1. The average molecular weight is 292 g/mol. The molecule has 0 aliphatic carbocycles. The van der Waals surface area contributed by atoms with Gasteiger partial charge in [0, 0.05) is 18.3 Å². The highest BCUT2D eigenvalue weighted by Crippen LogP contribution is 2.30. The number of carbonyl (C=O) groups is 1. The Morgan fingerprint density at radius 3 is 2.57 bits per heavy atom. The van der Waals surface area contributed by atoms with E-state index in [1.54, 1.807) is 0 Å². The lowest BCUT2D eigenvalue weighted by atomic mass is 9.75. The number of pyridine rings is 1. The fourth-order valence-corrected chi connectivity index (χ4v) is 2.31. The molecule has 0 saturated heterocycles. The van der Waals surface area contributed by atoms with Crippen LogP contribution in [0.1, 0.15) is 11.1 Å². The fourth-order valence-electron chi connectivity index (χ4n) is 2.31. The molecule has 1 atom stereocenters. The van der Waals surface area contributed by atoms with Gasteiger partial charge >= 0.3 is 5.97 Å². The van der Waals surface area contributed by atoms with Gasteiger partial charge in [-0.15, -0.1) is 0 Å². The maximum atomic E-state index is 14.0. The Labute approximate surface area is 120 Å². The van der Waals surface area contributed by atoms with Gasteiger partial charge in [-0.2, -0.15) is 0 Å². The predicted octanol–water partition coefficient (Wildman–Crippen LogP) is 1.88. The molecule has 1 aromatic carbocycles. The molecular formula is C15H14F2N2O2. The molecule has 0 bridgehead atoms. The first kappa shape index (κ1) is 15.1. The maximum Gasteiger partial charge on any atom is 0.315 e. The number of carboxylic acids is 1. The van der Waals surface area contributed by atoms with E-state index in [1.807, 2.05) is 0 Å². The Bertz CT molecular complexity index is 664. The molecule has 0 aliphatic heterocycles. The van der Waals surface area contributed by atoms with Gasteiger partial charge in [0.25, 0.3) is 0 Å². The minimum Gasteiger partial charge on any atom is -0.481 e. The van der Waals surface area contributed by atoms with Crippen LogP contribution >= 0.6 is 0 Å². The van der Waals surface area contributed by atoms with Crippen LogP contribution in [0, 0.1) is 11.6 Å². The van der Waals surface area contributed by atoms with Gasteiger partial charge in [0.15, 0.2) is 0 Å². The van der Waals surface area contributed by atoms with Crippen LogP contribution in [-0.2, 0) is 16.6 Å². The number of hydrogen-bond donors (Lipinski definition) is 2. The molecule has 6 heteroatoms. The van der Waals surface area contributed by atoms with E-state index in [9.17, 15) is 18.7 Å². The zero-order valence-electron chi connectivity index (χ0n) is 11.1. The molecular weight excluding hydrogens is 278 g/mol. The third kappa shape index (κ3) is 2.90. The zero-order valence-corrected chi connectivity index (χ0v) is 11.1. The van der Waals surface area contributed by atoms with Gasteiger partial charge in [-0.25, -0.2) is 8.78 Å². The van der Waals surface area contributed by atoms with Crippen LogP contribution in [0.2, 0.25) is 0 Å². The first-order chi connectivity index (χ1) is 9.99. The summed E-state index contributed by atoms with van der Waals surface area (Å²) in [6.45, 7) is -0.320. The third-order valence-electron chi connectivity index (χ3n) is 3.41. The molecule has 1 aromatic heterocycles. The SMILES string of the molecule is NCC(Cc1cncc(F)c1)(C(=O)O)c1ccccc1F. The molecule has 1 heterocycles. The van der Waals surface area contributed by atoms with Crippen molar-refractivity contribution in [2.45, 2.75) is 11.8 Å². The molecule has 2 rings (SSSR count). The number of aromatic nitrogens is 1. The van der Waals surface area contributed by atoms with E-state index < -0.39 is 23.0 Å². The summed E-state index contributed by atoms with van der Waals surface area (Å²) >= 11 is 0. The Kier molecular flexibility index (Phi) is 4.28. The molecule has 21 heavy (non-hydrogen) atoms. The standard InChI is InChI=1S/C15H14F2N2O2/c16-11-5-10(7-19-8-11)6-15(9-18,14(20)21)12-3-1-2-4-13(12)17/h1-5,7-8H,6,9,18H2,(H,20,21). The van der Waals surface area contributed by atoms with Crippen molar-refractivity contribution in [3.63, 3.8) is 0 Å². The van der Waals surface area contributed by atoms with Gasteiger partial charge in [0.1, 0.15) is 17.0 Å². The minimum absolute atomic E-state index is 0.0238. The second-order valence-corrected chi connectivity index (χ2v) is 4.76. The van der Waals surface area contributed by atoms with Gasteiger partial charge < -0.3 is 10.8 Å². The van der Waals surface area contributed by atoms with Crippen LogP contribution < -0.4 is 5.73 Å². The van der Waals surface area contributed by atoms with E-state index in [4.69, 9.17) is 5.73 Å². The zero-order chi connectivity index (χ0) is 15.5. The third-order valence-corrected chi connectivity index (χ3v) is 3.41. The monoisotopic (exact) mass is 292 g/mol. The van der Waals surface area contributed by atoms with Crippen LogP contribution in [0.25, 0.3) is 0 Å². The summed E-state index contributed by atoms with van der Waals surface area (Å²) in [7, 11) is 0. The quantitative estimate of drug-likeness (QED) is 0.882. The summed E-state index contributed by atoms with van der Waals surface area (Å²) in [4.78, 5) is 15.4. The number of rotatable bonds is 5. The summed E-state index contributed by atoms with van der Waals surface area (Å²) in [6.07, 6.45) is 2.21. The molecule has 0 aliphatic rings. The van der Waals surface area contributed by atoms with Crippen molar-refractivity contribution >= 4 is 5.97 Å². The van der Waals surface area contributed by atoms with Crippen LogP contribution in [0.15, 0.2) is 42.7 Å². The second kappa shape index (κ2) is 5.97. The maximum absolute atomic E-state index is 14.0. The molecule has 0 amide bonds. The Hall–Kier alpha value is -2.34. The Balaban J connectivity index is 2.53. The molecule has 0 saturated carbocycles. The van der Waals surface area contributed by atoms with Gasteiger partial charge in [-0.3, -0.25) is 9.78 Å². The minimum atomic E-state index is -1.67. The largest absolute Gasteiger partial charge is 0.481 e. The van der Waals surface area contributed by atoms with Crippen molar-refractivity contribution in [3.8, 4) is 0 Å². The summed E-state index contributed by atoms with van der Waals surface area (Å²) in [5.74, 6) is -2.51. The van der Waals surface area contributed by atoms with Crippen molar-refractivity contribution in [2.75, 3.05) is 6.54 Å². The van der Waals surface area contributed by atoms with E-state index in [0.29, 0.717) is 5.56 Å². The number of benzene rings is 1. The first-order valence-corrected chi connectivity index (χ1v) is 6.27. The lowest BCUT2D eigenvalue weighted by molar-refractivity contribution is -0.143. The second-order valence-electron chi connectivity index (χ2n) is 4.76. The Morgan fingerprint density at radius 1 is 1.29 bits per heavy atom. The highest BCUT2D eigenvalue weighted by atomic mass is 19.1. The van der Waals surface area contributed by atoms with E-state index in [0.717, 1.165) is 6.20 Å². The Morgan fingerprint density at radius 2 is 2.00 bits per heavy atom. The summed E-state index contributed by atoms with van der Waals surface area (Å²) in [6, 6.07) is 6.72. The molecule has 2 aromatic rings. The highest BCUT2D eigenvalue weighted by molar-refractivity contribution is 5.82. The number of nitrogens with two attached hydrogens (primary N) is 1. The molecule has 1 unspecified atom stereocenters. The molecule has 4 nitrogen and oxygen atoms in total. The van der Waals surface area contributed by atoms with Crippen LogP contribution in [0.3, 0.4) is 0 Å². The van der Waals surface area contributed by atoms with Crippen molar-refractivity contribution in [1.29, 1.82) is 0 Å². The predicted molar refractivity (Wildman–Crippen MR) is 72.7 cm³/mol. The topological polar surface area (TPSA) is 76.2 Å². The van der Waals surface area contributed by atoms with Crippen molar-refractivity contribution < 1.29 is 18.7 Å². The molecule has 110 valence electrons. The van der Waals surface area contributed by atoms with Crippen LogP contribution in [-0.4, -0.2) is 22.6 Å². The van der Waals surface area contributed by atoms with Gasteiger partial charge in [0.2, 0.25) is 0 Å². The molecule has 0 spiro atoms.